The van der Waals surface area contributed by atoms with E-state index in [1.807, 2.05) is 55.2 Å². The lowest BCUT2D eigenvalue weighted by Crippen LogP contribution is -2.27. The van der Waals surface area contributed by atoms with Crippen LogP contribution in [0.15, 0.2) is 47.2 Å². The first-order chi connectivity index (χ1) is 14.1. The van der Waals surface area contributed by atoms with E-state index in [0.717, 1.165) is 47.2 Å². The number of carbonyl (C=O) groups is 1. The van der Waals surface area contributed by atoms with E-state index in [1.54, 1.807) is 11.1 Å². The molecule has 5 rings (SSSR count). The first-order valence-corrected chi connectivity index (χ1v) is 9.74. The molecule has 0 bridgehead atoms. The SMILES string of the molecule is Cc1noc2nc3c(c(C(=O)N(C)Cc4cnn(-c5ccccc5)c4)c12)CCC3. The molecule has 0 spiro atoms. The molecule has 4 aromatic rings. The number of hydrogen-bond donors (Lipinski definition) is 0. The van der Waals surface area contributed by atoms with Crippen LogP contribution in [-0.2, 0) is 19.4 Å². The maximum Gasteiger partial charge on any atom is 0.259 e. The number of fused-ring (bicyclic) bond motifs is 2. The fourth-order valence-corrected chi connectivity index (χ4v) is 4.05. The van der Waals surface area contributed by atoms with Gasteiger partial charge in [-0.05, 0) is 43.9 Å². The van der Waals surface area contributed by atoms with Crippen LogP contribution in [0.25, 0.3) is 16.8 Å². The van der Waals surface area contributed by atoms with Gasteiger partial charge in [0.15, 0.2) is 0 Å². The molecule has 146 valence electrons. The summed E-state index contributed by atoms with van der Waals surface area (Å²) in [5.74, 6) is -0.0330. The molecule has 1 aromatic carbocycles. The highest BCUT2D eigenvalue weighted by Gasteiger charge is 2.28. The molecule has 1 aliphatic rings. The van der Waals surface area contributed by atoms with E-state index in [4.69, 9.17) is 4.52 Å². The van der Waals surface area contributed by atoms with Crippen LogP contribution in [-0.4, -0.2) is 37.8 Å². The Bertz CT molecular complexity index is 1210. The van der Waals surface area contributed by atoms with Crippen molar-refractivity contribution in [2.45, 2.75) is 32.7 Å². The van der Waals surface area contributed by atoms with Crippen LogP contribution in [0.5, 0.6) is 0 Å². The highest BCUT2D eigenvalue weighted by atomic mass is 16.5. The van der Waals surface area contributed by atoms with Crippen LogP contribution in [0.4, 0.5) is 0 Å². The van der Waals surface area contributed by atoms with Gasteiger partial charge >= 0.3 is 0 Å². The first-order valence-electron chi connectivity index (χ1n) is 9.74. The minimum absolute atomic E-state index is 0.0330. The standard InChI is InChI=1S/C22H21N5O2/c1-14-19-20(17-9-6-10-18(17)24-21(19)29-25-14)22(28)26(2)12-15-11-23-27(13-15)16-7-4-3-5-8-16/h3-5,7-8,11,13H,6,9-10,12H2,1-2H3. The van der Waals surface area contributed by atoms with Crippen LogP contribution < -0.4 is 0 Å². The number of aryl methyl sites for hydroxylation is 2. The lowest BCUT2D eigenvalue weighted by Gasteiger charge is -2.18. The summed E-state index contributed by atoms with van der Waals surface area (Å²) in [4.78, 5) is 19.8. The quantitative estimate of drug-likeness (QED) is 0.536. The van der Waals surface area contributed by atoms with Crippen molar-refractivity contribution in [3.8, 4) is 5.69 Å². The van der Waals surface area contributed by atoms with E-state index in [-0.39, 0.29) is 5.91 Å². The predicted molar refractivity (Wildman–Crippen MR) is 108 cm³/mol. The van der Waals surface area contributed by atoms with Gasteiger partial charge in [0, 0.05) is 31.0 Å². The molecule has 7 heteroatoms. The Balaban J connectivity index is 1.46. The molecule has 0 atom stereocenters. The molecule has 0 fully saturated rings. The van der Waals surface area contributed by atoms with Crippen molar-refractivity contribution in [3.63, 3.8) is 0 Å². The molecule has 7 nitrogen and oxygen atoms in total. The van der Waals surface area contributed by atoms with Crippen LogP contribution >= 0.6 is 0 Å². The molecule has 3 aromatic heterocycles. The maximum atomic E-state index is 13.5. The van der Waals surface area contributed by atoms with Gasteiger partial charge in [-0.2, -0.15) is 5.10 Å². The summed E-state index contributed by atoms with van der Waals surface area (Å²) >= 11 is 0. The molecule has 0 aliphatic heterocycles. The minimum atomic E-state index is -0.0330. The molecule has 1 aliphatic carbocycles. The smallest absolute Gasteiger partial charge is 0.259 e. The Morgan fingerprint density at radius 1 is 1.24 bits per heavy atom. The van der Waals surface area contributed by atoms with Gasteiger partial charge in [-0.3, -0.25) is 4.79 Å². The Morgan fingerprint density at radius 3 is 2.90 bits per heavy atom. The Labute approximate surface area is 167 Å². The third-order valence-corrected chi connectivity index (χ3v) is 5.46. The van der Waals surface area contributed by atoms with Crippen molar-refractivity contribution < 1.29 is 9.32 Å². The third-order valence-electron chi connectivity index (χ3n) is 5.46. The highest BCUT2D eigenvalue weighted by Crippen LogP contribution is 2.32. The van der Waals surface area contributed by atoms with Crippen molar-refractivity contribution in [2.24, 2.45) is 0 Å². The highest BCUT2D eigenvalue weighted by molar-refractivity contribution is 6.07. The lowest BCUT2D eigenvalue weighted by atomic mass is 10.0. The molecule has 3 heterocycles. The lowest BCUT2D eigenvalue weighted by molar-refractivity contribution is 0.0786. The molecular formula is C22H21N5O2. The van der Waals surface area contributed by atoms with Crippen molar-refractivity contribution in [1.29, 1.82) is 0 Å². The van der Waals surface area contributed by atoms with Gasteiger partial charge in [0.25, 0.3) is 11.6 Å². The number of rotatable bonds is 4. The topological polar surface area (TPSA) is 77.1 Å². The molecule has 1 amide bonds. The summed E-state index contributed by atoms with van der Waals surface area (Å²) in [6, 6.07) is 9.92. The van der Waals surface area contributed by atoms with E-state index >= 15 is 0 Å². The molecular weight excluding hydrogens is 366 g/mol. The second kappa shape index (κ2) is 6.84. The number of pyridine rings is 1. The molecule has 0 saturated heterocycles. The van der Waals surface area contributed by atoms with E-state index < -0.39 is 0 Å². The van der Waals surface area contributed by atoms with Crippen LogP contribution in [0.1, 0.15) is 39.3 Å². The van der Waals surface area contributed by atoms with E-state index in [2.05, 4.69) is 15.2 Å². The second-order valence-corrected chi connectivity index (χ2v) is 7.50. The molecule has 29 heavy (non-hydrogen) atoms. The number of benzene rings is 1. The summed E-state index contributed by atoms with van der Waals surface area (Å²) in [6.45, 7) is 2.32. The van der Waals surface area contributed by atoms with E-state index in [0.29, 0.717) is 23.5 Å². The number of nitrogens with zero attached hydrogens (tertiary/aromatic N) is 5. The zero-order valence-electron chi connectivity index (χ0n) is 16.4. The monoisotopic (exact) mass is 387 g/mol. The Hall–Kier alpha value is -3.48. The molecule has 0 saturated carbocycles. The maximum absolute atomic E-state index is 13.5. The number of amides is 1. The zero-order valence-corrected chi connectivity index (χ0v) is 16.4. The van der Waals surface area contributed by atoms with Gasteiger partial charge in [0.2, 0.25) is 0 Å². The van der Waals surface area contributed by atoms with Gasteiger partial charge in [-0.1, -0.05) is 23.4 Å². The van der Waals surface area contributed by atoms with Gasteiger partial charge in [-0.25, -0.2) is 9.67 Å². The van der Waals surface area contributed by atoms with Gasteiger partial charge in [-0.15, -0.1) is 0 Å². The van der Waals surface area contributed by atoms with Crippen molar-refractivity contribution in [2.75, 3.05) is 7.05 Å². The van der Waals surface area contributed by atoms with Crippen LogP contribution in [0.3, 0.4) is 0 Å². The van der Waals surface area contributed by atoms with E-state index in [9.17, 15) is 4.79 Å². The fraction of sp³-hybridized carbons (Fsp3) is 0.273. The number of hydrogen-bond acceptors (Lipinski definition) is 5. The molecule has 0 unspecified atom stereocenters. The summed E-state index contributed by atoms with van der Waals surface area (Å²) in [5.41, 5.74) is 5.81. The summed E-state index contributed by atoms with van der Waals surface area (Å²) in [5, 5.41) is 9.21. The average molecular weight is 387 g/mol. The summed E-state index contributed by atoms with van der Waals surface area (Å²) in [6.07, 6.45) is 6.50. The van der Waals surface area contributed by atoms with Crippen LogP contribution in [0.2, 0.25) is 0 Å². The number of para-hydroxylation sites is 1. The van der Waals surface area contributed by atoms with Crippen molar-refractivity contribution in [1.82, 2.24) is 24.8 Å². The predicted octanol–water partition coefficient (Wildman–Crippen LogP) is 3.48. The van der Waals surface area contributed by atoms with Gasteiger partial charge < -0.3 is 9.42 Å². The average Bonchev–Trinajstić information content (AvgIpc) is 3.47. The molecule has 0 radical (unpaired) electrons. The van der Waals surface area contributed by atoms with E-state index in [1.165, 1.54) is 0 Å². The van der Waals surface area contributed by atoms with Crippen molar-refractivity contribution >= 4 is 17.0 Å². The normalized spacial score (nSPS) is 13.0. The number of aromatic nitrogens is 4. The Morgan fingerprint density at radius 2 is 2.07 bits per heavy atom. The Kier molecular flexibility index (Phi) is 4.16. The zero-order chi connectivity index (χ0) is 20.0. The third kappa shape index (κ3) is 2.99. The summed E-state index contributed by atoms with van der Waals surface area (Å²) in [7, 11) is 1.82. The van der Waals surface area contributed by atoms with Gasteiger partial charge in [0.05, 0.1) is 28.5 Å². The second-order valence-electron chi connectivity index (χ2n) is 7.50. The number of carbonyl (C=O) groups excluding carboxylic acids is 1. The first kappa shape index (κ1) is 17.6. The molecule has 0 N–H and O–H groups in total. The van der Waals surface area contributed by atoms with Crippen molar-refractivity contribution in [3.05, 3.63) is 70.8 Å². The summed E-state index contributed by atoms with van der Waals surface area (Å²) < 4.78 is 7.19. The van der Waals surface area contributed by atoms with Crippen LogP contribution in [0, 0.1) is 6.92 Å². The van der Waals surface area contributed by atoms with Gasteiger partial charge in [0.1, 0.15) is 0 Å². The largest absolute Gasteiger partial charge is 0.337 e. The minimum Gasteiger partial charge on any atom is -0.337 e. The fourth-order valence-electron chi connectivity index (χ4n) is 4.05.